The zero-order valence-corrected chi connectivity index (χ0v) is 32.1. The molecule has 6 nitrogen and oxygen atoms in total. The predicted molar refractivity (Wildman–Crippen MR) is 213 cm³/mol. The van der Waals surface area contributed by atoms with E-state index in [-0.39, 0.29) is 18.9 Å². The lowest BCUT2D eigenvalue weighted by Crippen LogP contribution is -2.58. The Morgan fingerprint density at radius 2 is 1.42 bits per heavy atom. The third-order valence-corrected chi connectivity index (χ3v) is 10.5. The summed E-state index contributed by atoms with van der Waals surface area (Å²) in [7, 11) is 3.77. The zero-order chi connectivity index (χ0) is 38.0. The number of halogens is 4. The number of aromatic nitrogens is 1. The smallest absolute Gasteiger partial charge is 0.342 e. The van der Waals surface area contributed by atoms with E-state index < -0.39 is 21.2 Å². The van der Waals surface area contributed by atoms with Gasteiger partial charge < -0.3 is 14.7 Å². The van der Waals surface area contributed by atoms with Gasteiger partial charge in [-0.15, -0.1) is 0 Å². The lowest BCUT2D eigenvalue weighted by atomic mass is 10.0. The second kappa shape index (κ2) is 17.8. The average Bonchev–Trinajstić information content (AvgIpc) is 3.16. The fourth-order valence-electron chi connectivity index (χ4n) is 5.94. The molecule has 0 bridgehead atoms. The van der Waals surface area contributed by atoms with E-state index in [1.54, 1.807) is 23.0 Å². The van der Waals surface area contributed by atoms with Gasteiger partial charge >= 0.3 is 6.18 Å². The van der Waals surface area contributed by atoms with Crippen LogP contribution in [0.15, 0.2) is 134 Å². The maximum atomic E-state index is 14.7. The van der Waals surface area contributed by atoms with Crippen molar-refractivity contribution in [2.45, 2.75) is 36.2 Å². The molecule has 10 heteroatoms. The number of likely N-dealkylation sites (N-methyl/N-ethyl adjacent to an activating group) is 2. The Balaban J connectivity index is 1.46. The van der Waals surface area contributed by atoms with Gasteiger partial charge in [0.1, 0.15) is 0 Å². The van der Waals surface area contributed by atoms with Crippen molar-refractivity contribution in [1.29, 1.82) is 0 Å². The topological polar surface area (TPSA) is 56.8 Å². The van der Waals surface area contributed by atoms with E-state index in [9.17, 15) is 22.8 Å². The number of alkyl halides is 4. The number of hydrogen-bond donors (Lipinski definition) is 0. The van der Waals surface area contributed by atoms with E-state index in [0.717, 1.165) is 41.1 Å². The van der Waals surface area contributed by atoms with Crippen LogP contribution in [0.3, 0.4) is 0 Å². The van der Waals surface area contributed by atoms with Crippen LogP contribution >= 0.6 is 22.6 Å². The second-order valence-electron chi connectivity index (χ2n) is 13.1. The van der Waals surface area contributed by atoms with Gasteiger partial charge in [0.05, 0.1) is 11.3 Å². The summed E-state index contributed by atoms with van der Waals surface area (Å²) < 4.78 is 38.3. The number of carbonyl (C=O) groups is 2. The van der Waals surface area contributed by atoms with Gasteiger partial charge in [0.2, 0.25) is 5.91 Å². The Morgan fingerprint density at radius 3 is 2.06 bits per heavy atom. The summed E-state index contributed by atoms with van der Waals surface area (Å²) in [6, 6.07) is 35.7. The van der Waals surface area contributed by atoms with Gasteiger partial charge in [-0.25, -0.2) is 0 Å². The highest BCUT2D eigenvalue weighted by atomic mass is 127. The molecule has 1 aromatic heterocycles. The fraction of sp³-hybridized carbons (Fsp3) is 0.233. The molecule has 5 rings (SSSR count). The first-order valence-corrected chi connectivity index (χ1v) is 18.3. The predicted octanol–water partition coefficient (Wildman–Crippen LogP) is 9.08. The highest BCUT2D eigenvalue weighted by Gasteiger charge is 2.45. The van der Waals surface area contributed by atoms with E-state index in [1.807, 2.05) is 92.0 Å². The van der Waals surface area contributed by atoms with Gasteiger partial charge in [-0.1, -0.05) is 97.1 Å². The first-order chi connectivity index (χ1) is 25.3. The maximum Gasteiger partial charge on any atom is 0.416 e. The fourth-order valence-corrected chi connectivity index (χ4v) is 7.20. The Labute approximate surface area is 323 Å². The Kier molecular flexibility index (Phi) is 13.2. The zero-order valence-electron chi connectivity index (χ0n) is 29.9. The van der Waals surface area contributed by atoms with E-state index in [0.29, 0.717) is 18.7 Å². The molecule has 1 heterocycles. The summed E-state index contributed by atoms with van der Waals surface area (Å²) in [5, 5.41) is 0. The molecule has 4 aromatic carbocycles. The van der Waals surface area contributed by atoms with Crippen molar-refractivity contribution in [3.63, 3.8) is 0 Å². The van der Waals surface area contributed by atoms with Crippen LogP contribution in [0.5, 0.6) is 0 Å². The van der Waals surface area contributed by atoms with Crippen molar-refractivity contribution in [2.75, 3.05) is 27.2 Å². The molecule has 1 unspecified atom stereocenters. The van der Waals surface area contributed by atoms with Crippen LogP contribution < -0.4 is 0 Å². The summed E-state index contributed by atoms with van der Waals surface area (Å²) in [6.45, 7) is 3.92. The second-order valence-corrected chi connectivity index (χ2v) is 14.9. The van der Waals surface area contributed by atoms with Crippen molar-refractivity contribution in [3.8, 4) is 11.3 Å². The molecule has 0 radical (unpaired) electrons. The highest BCUT2D eigenvalue weighted by molar-refractivity contribution is 14.1. The molecule has 0 spiro atoms. The van der Waals surface area contributed by atoms with Gasteiger partial charge in [0.15, 0.2) is 3.55 Å². The van der Waals surface area contributed by atoms with Gasteiger partial charge in [-0.05, 0) is 94.7 Å². The van der Waals surface area contributed by atoms with Crippen LogP contribution in [-0.4, -0.2) is 62.2 Å². The van der Waals surface area contributed by atoms with E-state index in [4.69, 9.17) is 0 Å². The van der Waals surface area contributed by atoms with Crippen molar-refractivity contribution in [2.24, 2.45) is 0 Å². The van der Waals surface area contributed by atoms with Crippen molar-refractivity contribution in [1.82, 2.24) is 19.7 Å². The number of benzene rings is 4. The lowest BCUT2D eigenvalue weighted by Gasteiger charge is -2.41. The summed E-state index contributed by atoms with van der Waals surface area (Å²) in [5.74, 6) is -0.699. The highest BCUT2D eigenvalue weighted by Crippen LogP contribution is 2.34. The van der Waals surface area contributed by atoms with Gasteiger partial charge in [0, 0.05) is 57.5 Å². The summed E-state index contributed by atoms with van der Waals surface area (Å²) in [4.78, 5) is 38.9. The lowest BCUT2D eigenvalue weighted by molar-refractivity contribution is -0.144. The Bertz CT molecular complexity index is 1990. The average molecular weight is 831 g/mol. The number of pyridine rings is 1. The molecule has 0 saturated carbocycles. The minimum atomic E-state index is -4.47. The molecule has 0 fully saturated rings. The third-order valence-electron chi connectivity index (χ3n) is 9.08. The van der Waals surface area contributed by atoms with E-state index in [2.05, 4.69) is 51.5 Å². The molecule has 0 saturated heterocycles. The van der Waals surface area contributed by atoms with Gasteiger partial charge in [0.25, 0.3) is 5.91 Å². The quantitative estimate of drug-likeness (QED) is 0.0486. The number of aryl methyl sites for hydroxylation is 1. The van der Waals surface area contributed by atoms with Crippen molar-refractivity contribution < 1.29 is 22.8 Å². The monoisotopic (exact) mass is 830 g/mol. The molecular weight excluding hydrogens is 788 g/mol. The number of carbonyl (C=O) groups excluding carboxylic acids is 2. The first-order valence-electron chi connectivity index (χ1n) is 17.2. The molecule has 274 valence electrons. The number of amides is 2. The van der Waals surface area contributed by atoms with Crippen molar-refractivity contribution in [3.05, 3.63) is 167 Å². The molecule has 53 heavy (non-hydrogen) atoms. The SMILES string of the molecule is Cc1ccccc1CN(C)CCN(C)C(=O)C(I)(Cc1ccccc1)N(Cc1ccc(-c2ccccn2)cc1)C(=O)C=Cc1ccc(C(F)(F)F)cc1. The molecule has 2 amide bonds. The Morgan fingerprint density at radius 1 is 0.755 bits per heavy atom. The third kappa shape index (κ3) is 10.6. The molecule has 1 atom stereocenters. The molecule has 0 aliphatic carbocycles. The van der Waals surface area contributed by atoms with Gasteiger partial charge in [-0.3, -0.25) is 14.6 Å². The van der Waals surface area contributed by atoms with Gasteiger partial charge in [-0.2, -0.15) is 13.2 Å². The Hall–Kier alpha value is -4.81. The number of rotatable bonds is 14. The molecule has 5 aromatic rings. The normalized spacial score (nSPS) is 12.8. The van der Waals surface area contributed by atoms with Crippen LogP contribution in [0.2, 0.25) is 0 Å². The first kappa shape index (κ1) is 39.4. The standard InChI is InChI=1S/C43H42F3IN4O2/c1-32-11-7-8-14-37(32)31-49(2)27-28-50(3)41(53)42(47,29-34-12-5-4-6-13-34)51(30-35-16-21-36(22-17-35)39-15-9-10-26-48-39)40(52)25-20-33-18-23-38(24-19-33)43(44,45)46/h4-26H,27-31H2,1-3H3. The summed E-state index contributed by atoms with van der Waals surface area (Å²) >= 11 is 2.12. The van der Waals surface area contributed by atoms with Crippen LogP contribution in [0.25, 0.3) is 17.3 Å². The summed E-state index contributed by atoms with van der Waals surface area (Å²) in [6.07, 6.45) is 0.285. The summed E-state index contributed by atoms with van der Waals surface area (Å²) in [5.41, 5.74) is 5.44. The number of nitrogens with zero attached hydrogens (tertiary/aromatic N) is 4. The maximum absolute atomic E-state index is 14.7. The van der Waals surface area contributed by atoms with E-state index in [1.165, 1.54) is 35.4 Å². The molecular formula is C43H42F3IN4O2. The number of hydrogen-bond acceptors (Lipinski definition) is 4. The molecule has 0 aliphatic heterocycles. The van der Waals surface area contributed by atoms with Crippen molar-refractivity contribution >= 4 is 40.5 Å². The van der Waals surface area contributed by atoms with Crippen LogP contribution in [0.1, 0.15) is 33.4 Å². The molecule has 0 N–H and O–H groups in total. The largest absolute Gasteiger partial charge is 0.416 e. The minimum Gasteiger partial charge on any atom is -0.342 e. The van der Waals surface area contributed by atoms with Crippen LogP contribution in [0, 0.1) is 6.92 Å². The van der Waals surface area contributed by atoms with E-state index >= 15 is 0 Å². The molecule has 0 aliphatic rings. The van der Waals surface area contributed by atoms with Crippen LogP contribution in [-0.2, 0) is 35.3 Å². The van der Waals surface area contributed by atoms with Crippen LogP contribution in [0.4, 0.5) is 13.2 Å². The minimum absolute atomic E-state index is 0.0984.